The molecule has 80 valence electrons. The lowest BCUT2D eigenvalue weighted by atomic mass is 10.0. The highest BCUT2D eigenvalue weighted by Gasteiger charge is 2.65. The van der Waals surface area contributed by atoms with E-state index in [-0.39, 0.29) is 23.4 Å². The second-order valence-electron chi connectivity index (χ2n) is 5.23. The van der Waals surface area contributed by atoms with Crippen LogP contribution in [0.3, 0.4) is 0 Å². The Kier molecular flexibility index (Phi) is 2.11. The third kappa shape index (κ3) is 1.34. The molecular weight excluding hydrogens is 180 g/mol. The molecule has 0 aromatic heterocycles. The summed E-state index contributed by atoms with van der Waals surface area (Å²) in [5, 5.41) is 9.03. The van der Waals surface area contributed by atoms with Crippen molar-refractivity contribution in [3.8, 4) is 0 Å². The molecule has 0 radical (unpaired) electrons. The van der Waals surface area contributed by atoms with Crippen LogP contribution in [0.2, 0.25) is 0 Å². The number of hydrogen-bond acceptors (Lipinski definition) is 2. The van der Waals surface area contributed by atoms with Gasteiger partial charge >= 0.3 is 5.97 Å². The average molecular weight is 198 g/mol. The molecule has 2 aliphatic rings. The van der Waals surface area contributed by atoms with Crippen molar-refractivity contribution in [3.05, 3.63) is 0 Å². The van der Waals surface area contributed by atoms with Gasteiger partial charge in [-0.1, -0.05) is 13.8 Å². The molecule has 0 spiro atoms. The van der Waals surface area contributed by atoms with Crippen LogP contribution in [0.15, 0.2) is 0 Å². The lowest BCUT2D eigenvalue weighted by Gasteiger charge is -2.11. The molecule has 1 N–H and O–H groups in total. The zero-order chi connectivity index (χ0) is 10.5. The van der Waals surface area contributed by atoms with Gasteiger partial charge in [-0.2, -0.15) is 0 Å². The van der Waals surface area contributed by atoms with Crippen molar-refractivity contribution in [1.29, 1.82) is 0 Å². The number of carbonyl (C=O) groups is 1. The Morgan fingerprint density at radius 1 is 1.43 bits per heavy atom. The van der Waals surface area contributed by atoms with E-state index < -0.39 is 5.97 Å². The third-order valence-corrected chi connectivity index (χ3v) is 3.84. The number of aliphatic carboxylic acids is 1. The largest absolute Gasteiger partial charge is 0.481 e. The molecule has 4 atom stereocenters. The van der Waals surface area contributed by atoms with E-state index in [1.807, 2.05) is 13.8 Å². The van der Waals surface area contributed by atoms with E-state index in [1.165, 1.54) is 0 Å². The number of hydrogen-bond donors (Lipinski definition) is 1. The van der Waals surface area contributed by atoms with Crippen molar-refractivity contribution in [1.82, 2.24) is 0 Å². The van der Waals surface area contributed by atoms with Gasteiger partial charge in [-0.15, -0.1) is 0 Å². The van der Waals surface area contributed by atoms with Gasteiger partial charge in [-0.3, -0.25) is 4.79 Å². The van der Waals surface area contributed by atoms with Crippen LogP contribution >= 0.6 is 0 Å². The van der Waals surface area contributed by atoms with Crippen molar-refractivity contribution in [2.45, 2.75) is 45.8 Å². The highest BCUT2D eigenvalue weighted by atomic mass is 16.5. The first-order valence-electron chi connectivity index (χ1n) is 5.33. The maximum Gasteiger partial charge on any atom is 0.307 e. The first-order valence-corrected chi connectivity index (χ1v) is 5.33. The summed E-state index contributed by atoms with van der Waals surface area (Å²) in [6.45, 7) is 6.12. The second-order valence-corrected chi connectivity index (χ2v) is 5.23. The van der Waals surface area contributed by atoms with Gasteiger partial charge in [0.15, 0.2) is 0 Å². The normalized spacial score (nSPS) is 45.1. The SMILES string of the molecule is C[C@@H]1CCC([C@H]2[C@H](C(=O)O)C2(C)C)O1. The Bertz CT molecular complexity index is 259. The van der Waals surface area contributed by atoms with Crippen molar-refractivity contribution < 1.29 is 14.6 Å². The molecule has 1 aliphatic carbocycles. The first kappa shape index (κ1) is 9.97. The maximum atomic E-state index is 11.0. The summed E-state index contributed by atoms with van der Waals surface area (Å²) in [6, 6.07) is 0. The quantitative estimate of drug-likeness (QED) is 0.737. The van der Waals surface area contributed by atoms with Gasteiger partial charge in [0, 0.05) is 5.92 Å². The molecule has 1 aliphatic heterocycles. The Balaban J connectivity index is 2.04. The summed E-state index contributed by atoms with van der Waals surface area (Å²) >= 11 is 0. The molecular formula is C11H18O3. The summed E-state index contributed by atoms with van der Waals surface area (Å²) in [5.41, 5.74) is -0.0689. The number of carboxylic acids is 1. The van der Waals surface area contributed by atoms with E-state index in [1.54, 1.807) is 0 Å². The lowest BCUT2D eigenvalue weighted by Crippen LogP contribution is -2.15. The van der Waals surface area contributed by atoms with Crippen LogP contribution in [0, 0.1) is 17.3 Å². The number of rotatable bonds is 2. The van der Waals surface area contributed by atoms with Crippen LogP contribution in [0.1, 0.15) is 33.6 Å². The molecule has 0 aromatic rings. The van der Waals surface area contributed by atoms with Crippen LogP contribution in [0.4, 0.5) is 0 Å². The fraction of sp³-hybridized carbons (Fsp3) is 0.909. The predicted molar refractivity (Wildman–Crippen MR) is 52.0 cm³/mol. The minimum Gasteiger partial charge on any atom is -0.481 e. The van der Waals surface area contributed by atoms with E-state index in [0.29, 0.717) is 6.10 Å². The third-order valence-electron chi connectivity index (χ3n) is 3.84. The molecule has 3 nitrogen and oxygen atoms in total. The minimum absolute atomic E-state index is 0.0689. The topological polar surface area (TPSA) is 46.5 Å². The van der Waals surface area contributed by atoms with Gasteiger partial charge in [-0.25, -0.2) is 0 Å². The Morgan fingerprint density at radius 2 is 2.07 bits per heavy atom. The van der Waals surface area contributed by atoms with E-state index in [4.69, 9.17) is 9.84 Å². The van der Waals surface area contributed by atoms with Crippen LogP contribution < -0.4 is 0 Å². The molecule has 2 rings (SSSR count). The lowest BCUT2D eigenvalue weighted by molar-refractivity contribution is -0.139. The highest BCUT2D eigenvalue weighted by molar-refractivity contribution is 5.75. The van der Waals surface area contributed by atoms with Gasteiger partial charge in [0.1, 0.15) is 0 Å². The van der Waals surface area contributed by atoms with Crippen LogP contribution in [-0.4, -0.2) is 23.3 Å². The van der Waals surface area contributed by atoms with Crippen molar-refractivity contribution in [2.24, 2.45) is 17.3 Å². The summed E-state index contributed by atoms with van der Waals surface area (Å²) in [6.07, 6.45) is 2.59. The zero-order valence-corrected chi connectivity index (χ0v) is 8.99. The van der Waals surface area contributed by atoms with E-state index in [9.17, 15) is 4.79 Å². The van der Waals surface area contributed by atoms with E-state index >= 15 is 0 Å². The fourth-order valence-corrected chi connectivity index (χ4v) is 2.94. The Morgan fingerprint density at radius 3 is 2.43 bits per heavy atom. The van der Waals surface area contributed by atoms with Crippen LogP contribution in [0.5, 0.6) is 0 Å². The molecule has 1 saturated carbocycles. The van der Waals surface area contributed by atoms with Gasteiger partial charge in [0.2, 0.25) is 0 Å². The van der Waals surface area contributed by atoms with Crippen LogP contribution in [0.25, 0.3) is 0 Å². The van der Waals surface area contributed by atoms with Crippen molar-refractivity contribution in [3.63, 3.8) is 0 Å². The Labute approximate surface area is 84.4 Å². The van der Waals surface area contributed by atoms with E-state index in [0.717, 1.165) is 12.8 Å². The minimum atomic E-state index is -0.664. The average Bonchev–Trinajstić information content (AvgIpc) is 2.42. The second kappa shape index (κ2) is 2.96. The fourth-order valence-electron chi connectivity index (χ4n) is 2.94. The molecule has 1 heterocycles. The number of carboxylic acid groups (broad SMARTS) is 1. The first-order chi connectivity index (χ1) is 6.44. The van der Waals surface area contributed by atoms with Gasteiger partial charge in [0.25, 0.3) is 0 Å². The molecule has 0 aromatic carbocycles. The Hall–Kier alpha value is -0.570. The van der Waals surface area contributed by atoms with Crippen molar-refractivity contribution >= 4 is 5.97 Å². The van der Waals surface area contributed by atoms with Gasteiger partial charge < -0.3 is 9.84 Å². The molecule has 14 heavy (non-hydrogen) atoms. The molecule has 1 unspecified atom stereocenters. The summed E-state index contributed by atoms with van der Waals surface area (Å²) < 4.78 is 5.74. The molecule has 2 fully saturated rings. The standard InChI is InChI=1S/C11H18O3/c1-6-4-5-7(14-6)8-9(10(12)13)11(8,2)3/h6-9H,4-5H2,1-3H3,(H,12,13)/t6-,7?,8+,9-/m1/s1. The monoisotopic (exact) mass is 198 g/mol. The molecule has 1 saturated heterocycles. The van der Waals surface area contributed by atoms with Gasteiger partial charge in [-0.05, 0) is 25.2 Å². The number of ether oxygens (including phenoxy) is 1. The molecule has 0 bridgehead atoms. The smallest absolute Gasteiger partial charge is 0.307 e. The zero-order valence-electron chi connectivity index (χ0n) is 8.99. The van der Waals surface area contributed by atoms with Crippen molar-refractivity contribution in [2.75, 3.05) is 0 Å². The summed E-state index contributed by atoms with van der Waals surface area (Å²) in [5.74, 6) is -0.633. The van der Waals surface area contributed by atoms with E-state index in [2.05, 4.69) is 6.92 Å². The highest BCUT2D eigenvalue weighted by Crippen LogP contribution is 2.62. The van der Waals surface area contributed by atoms with Crippen LogP contribution in [-0.2, 0) is 9.53 Å². The maximum absolute atomic E-state index is 11.0. The predicted octanol–water partition coefficient (Wildman–Crippen LogP) is 1.91. The summed E-state index contributed by atoms with van der Waals surface area (Å²) in [4.78, 5) is 11.0. The van der Waals surface area contributed by atoms with Gasteiger partial charge in [0.05, 0.1) is 18.1 Å². The molecule has 3 heteroatoms. The summed E-state index contributed by atoms with van der Waals surface area (Å²) in [7, 11) is 0. The molecule has 0 amide bonds.